The molecule has 8 heterocycles. The van der Waals surface area contributed by atoms with Crippen LogP contribution in [0.1, 0.15) is 135 Å². The predicted molar refractivity (Wildman–Crippen MR) is 264 cm³/mol. The standard InChI is InChI=1S/C54H79BrO12Si/c1-31(30-59-68(9,10)53(6,7)8)23-43-35(5)41(45(63-43)28-44-34(4)32(2)24-38(60-44)17-14-22-56)27-37(57)26-39-18-19-42-47(61-39)51-50-49(64-42)48-46(65-50)29-54(66-48,67-51)21-20-40(25-33(3)55)62-52(58)36-15-12-11-13-16-36/h11-13,15-16,22,31-32,35,38-51H,3-4,14,17-21,23-30H2,1-2,5-10H3/t31-,32+,35+,38-,39+,40-,41+,42-,43+,44+,45?,46+,47-,48-,49-,50+,51?,54-/m0/s1. The first-order chi connectivity index (χ1) is 32.2. The minimum atomic E-state index is -1.92. The third kappa shape index (κ3) is 11.7. The molecule has 18 atom stereocenters. The van der Waals surface area contributed by atoms with Gasteiger partial charge in [0.25, 0.3) is 0 Å². The van der Waals surface area contributed by atoms with Crippen molar-refractivity contribution < 1.29 is 56.7 Å². The summed E-state index contributed by atoms with van der Waals surface area (Å²) in [5, 5.41) is 0.126. The van der Waals surface area contributed by atoms with Crippen LogP contribution >= 0.6 is 15.9 Å². The molecule has 378 valence electrons. The average Bonchev–Trinajstić information content (AvgIpc) is 3.83. The first-order valence-electron chi connectivity index (χ1n) is 25.7. The zero-order chi connectivity index (χ0) is 48.7. The van der Waals surface area contributed by atoms with Gasteiger partial charge in [-0.2, -0.15) is 0 Å². The third-order valence-electron chi connectivity index (χ3n) is 16.9. The molecule has 68 heavy (non-hydrogen) atoms. The van der Waals surface area contributed by atoms with E-state index in [1.54, 1.807) is 12.1 Å². The number of benzene rings is 1. The Kier molecular flexibility index (Phi) is 16.5. The molecule has 0 N–H and O–H groups in total. The highest BCUT2D eigenvalue weighted by Gasteiger charge is 2.68. The van der Waals surface area contributed by atoms with E-state index in [2.05, 4.69) is 83.7 Å². The van der Waals surface area contributed by atoms with Gasteiger partial charge in [-0.25, -0.2) is 4.79 Å². The van der Waals surface area contributed by atoms with E-state index in [4.69, 9.17) is 42.3 Å². The predicted octanol–water partition coefficient (Wildman–Crippen LogP) is 10.4. The van der Waals surface area contributed by atoms with Crippen LogP contribution in [0.3, 0.4) is 0 Å². The van der Waals surface area contributed by atoms with E-state index in [-0.39, 0.29) is 108 Å². The lowest BCUT2D eigenvalue weighted by Crippen LogP contribution is -2.61. The number of esters is 1. The number of Topliss-reactive ketones (excluding diaryl/α,β-unsaturated/α-hetero) is 1. The lowest BCUT2D eigenvalue weighted by molar-refractivity contribution is -0.292. The Labute approximate surface area is 414 Å². The van der Waals surface area contributed by atoms with Crippen LogP contribution in [0.2, 0.25) is 18.1 Å². The van der Waals surface area contributed by atoms with Gasteiger partial charge in [0.15, 0.2) is 14.1 Å². The zero-order valence-corrected chi connectivity index (χ0v) is 44.5. The summed E-state index contributed by atoms with van der Waals surface area (Å²) >= 11 is 3.49. The molecule has 0 aromatic heterocycles. The Morgan fingerprint density at radius 3 is 2.37 bits per heavy atom. The molecule has 6 bridgehead atoms. The Morgan fingerprint density at radius 2 is 1.65 bits per heavy atom. The summed E-state index contributed by atoms with van der Waals surface area (Å²) < 4.78 is 61.3. The molecule has 9 rings (SSSR count). The molecular formula is C54H79BrO12Si. The van der Waals surface area contributed by atoms with Gasteiger partial charge in [-0.3, -0.25) is 4.79 Å². The quantitative estimate of drug-likeness (QED) is 0.0502. The van der Waals surface area contributed by atoms with Gasteiger partial charge in [0.2, 0.25) is 0 Å². The van der Waals surface area contributed by atoms with E-state index in [0.29, 0.717) is 70.0 Å². The molecule has 12 nitrogen and oxygen atoms in total. The molecule has 1 aromatic carbocycles. The minimum absolute atomic E-state index is 0.00602. The molecule has 8 aliphatic rings. The van der Waals surface area contributed by atoms with Crippen molar-refractivity contribution in [2.45, 2.75) is 228 Å². The van der Waals surface area contributed by atoms with Crippen molar-refractivity contribution in [3.8, 4) is 0 Å². The van der Waals surface area contributed by atoms with Crippen LogP contribution in [0.25, 0.3) is 0 Å². The monoisotopic (exact) mass is 1030 g/mol. The summed E-state index contributed by atoms with van der Waals surface area (Å²) in [6, 6.07) is 9.00. The molecule has 8 aliphatic heterocycles. The molecule has 8 fully saturated rings. The van der Waals surface area contributed by atoms with Crippen molar-refractivity contribution in [3.05, 3.63) is 59.1 Å². The normalized spacial score (nSPS) is 38.4. The van der Waals surface area contributed by atoms with Gasteiger partial charge < -0.3 is 47.1 Å². The smallest absolute Gasteiger partial charge is 0.338 e. The number of halogens is 1. The van der Waals surface area contributed by atoms with E-state index >= 15 is 0 Å². The molecule has 0 spiro atoms. The number of fused-ring (bicyclic) bond motifs is 1. The van der Waals surface area contributed by atoms with Crippen molar-refractivity contribution in [1.29, 1.82) is 0 Å². The SMILES string of the molecule is C=C(Br)C[C@H](CC[C@@]12C[C@H]3O[C@H]4C(O1)[C@H]1O[C@@H](CC(=O)C[C@H]5C(C[C@H]6O[C@@H](CCC=O)C[C@@H](C)C6=C)O[C@H](C[C@H](C)CO[Si](C)(C)C(C)(C)C)[C@@H]5C)CC[C@@H]1O[C@H]4[C@H]3O2)OC(=O)c1ccccc1. The fourth-order valence-corrected chi connectivity index (χ4v) is 13.4. The van der Waals surface area contributed by atoms with E-state index in [0.717, 1.165) is 35.6 Å². The van der Waals surface area contributed by atoms with Crippen molar-refractivity contribution >= 4 is 42.3 Å². The second-order valence-electron chi connectivity index (χ2n) is 23.0. The number of ether oxygens (including phenoxy) is 8. The van der Waals surface area contributed by atoms with Crippen LogP contribution in [0, 0.1) is 23.7 Å². The van der Waals surface area contributed by atoms with Gasteiger partial charge in [0.05, 0.1) is 48.3 Å². The van der Waals surface area contributed by atoms with E-state index < -0.39 is 32.4 Å². The van der Waals surface area contributed by atoms with Crippen LogP contribution in [0.4, 0.5) is 0 Å². The molecule has 1 aromatic rings. The van der Waals surface area contributed by atoms with Crippen LogP contribution in [-0.2, 0) is 51.9 Å². The number of hydrogen-bond donors (Lipinski definition) is 0. The third-order valence-corrected chi connectivity index (χ3v) is 21.7. The van der Waals surface area contributed by atoms with Gasteiger partial charge in [-0.15, -0.1) is 0 Å². The maximum Gasteiger partial charge on any atom is 0.338 e. The van der Waals surface area contributed by atoms with Gasteiger partial charge in [-0.05, 0) is 103 Å². The lowest BCUT2D eigenvalue weighted by atomic mass is 9.78. The second kappa shape index (κ2) is 21.5. The fourth-order valence-electron chi connectivity index (χ4n) is 11.9. The first kappa shape index (κ1) is 52.2. The molecule has 0 saturated carbocycles. The summed E-state index contributed by atoms with van der Waals surface area (Å²) in [6.07, 6.45) is 5.25. The number of aldehydes is 1. The minimum Gasteiger partial charge on any atom is -0.458 e. The van der Waals surface area contributed by atoms with Crippen LogP contribution < -0.4 is 0 Å². The summed E-state index contributed by atoms with van der Waals surface area (Å²) in [5.41, 5.74) is 1.56. The number of ketones is 1. The fraction of sp³-hybridized carbons (Fsp3) is 0.759. The van der Waals surface area contributed by atoms with Gasteiger partial charge in [-0.1, -0.05) is 88.8 Å². The number of carbonyl (C=O) groups excluding carboxylic acids is 3. The topological polar surface area (TPSA) is 134 Å². The second-order valence-corrected chi connectivity index (χ2v) is 29.0. The number of rotatable bonds is 21. The van der Waals surface area contributed by atoms with E-state index in [1.807, 2.05) is 18.2 Å². The summed E-state index contributed by atoms with van der Waals surface area (Å²) in [5.74, 6) is -0.493. The number of hydrogen-bond acceptors (Lipinski definition) is 12. The van der Waals surface area contributed by atoms with Crippen molar-refractivity contribution in [1.82, 2.24) is 0 Å². The highest BCUT2D eigenvalue weighted by Crippen LogP contribution is 2.54. The first-order valence-corrected chi connectivity index (χ1v) is 29.4. The summed E-state index contributed by atoms with van der Waals surface area (Å²) in [4.78, 5) is 38.9. The highest BCUT2D eigenvalue weighted by molar-refractivity contribution is 9.11. The molecule has 0 amide bonds. The molecule has 0 radical (unpaired) electrons. The highest BCUT2D eigenvalue weighted by atomic mass is 79.9. The van der Waals surface area contributed by atoms with Crippen LogP contribution in [0.15, 0.2) is 53.5 Å². The zero-order valence-electron chi connectivity index (χ0n) is 41.9. The van der Waals surface area contributed by atoms with Crippen LogP contribution in [-0.4, -0.2) is 118 Å². The van der Waals surface area contributed by atoms with Crippen LogP contribution in [0.5, 0.6) is 0 Å². The van der Waals surface area contributed by atoms with Gasteiger partial charge in [0, 0.05) is 51.6 Å². The maximum atomic E-state index is 14.4. The molecule has 2 unspecified atom stereocenters. The van der Waals surface area contributed by atoms with E-state index in [9.17, 15) is 14.4 Å². The average molecular weight is 1030 g/mol. The Morgan fingerprint density at radius 1 is 0.926 bits per heavy atom. The van der Waals surface area contributed by atoms with E-state index in [1.165, 1.54) is 0 Å². The summed E-state index contributed by atoms with van der Waals surface area (Å²) in [6.45, 7) is 27.3. The molecule has 0 aliphatic carbocycles. The Hall–Kier alpha value is -2.11. The van der Waals surface area contributed by atoms with Crippen molar-refractivity contribution in [3.63, 3.8) is 0 Å². The molecule has 14 heteroatoms. The van der Waals surface area contributed by atoms with Crippen molar-refractivity contribution in [2.24, 2.45) is 23.7 Å². The summed E-state index contributed by atoms with van der Waals surface area (Å²) in [7, 11) is -1.92. The Bertz CT molecular complexity index is 1960. The van der Waals surface area contributed by atoms with Gasteiger partial charge in [0.1, 0.15) is 48.7 Å². The molecular weight excluding hydrogens is 949 g/mol. The van der Waals surface area contributed by atoms with Crippen molar-refractivity contribution in [2.75, 3.05) is 6.61 Å². The van der Waals surface area contributed by atoms with Gasteiger partial charge >= 0.3 is 5.97 Å². The number of carbonyl (C=O) groups is 3. The largest absolute Gasteiger partial charge is 0.458 e. The lowest BCUT2D eigenvalue weighted by Gasteiger charge is -2.47. The Balaban J connectivity index is 0.924. The maximum absolute atomic E-state index is 14.4. The molecule has 8 saturated heterocycles.